The van der Waals surface area contributed by atoms with Crippen molar-refractivity contribution in [3.63, 3.8) is 0 Å². The zero-order chi connectivity index (χ0) is 7.82. The highest BCUT2D eigenvalue weighted by Crippen LogP contribution is 2.05. The summed E-state index contributed by atoms with van der Waals surface area (Å²) in [5.41, 5.74) is 0. The van der Waals surface area contributed by atoms with Gasteiger partial charge in [0.1, 0.15) is 6.61 Å². The first-order valence-corrected chi connectivity index (χ1v) is 3.72. The summed E-state index contributed by atoms with van der Waals surface area (Å²) < 4.78 is 0. The molecule has 3 nitrogen and oxygen atoms in total. The lowest BCUT2D eigenvalue weighted by Crippen LogP contribution is -1.91. The molecule has 0 aromatic carbocycles. The van der Waals surface area contributed by atoms with E-state index in [4.69, 9.17) is 0 Å². The predicted octanol–water partition coefficient (Wildman–Crippen LogP) is 2.51. The molecule has 3 heteroatoms. The molecule has 0 atom stereocenters. The zero-order valence-corrected chi connectivity index (χ0v) is 6.67. The van der Waals surface area contributed by atoms with Crippen molar-refractivity contribution in [1.82, 2.24) is 0 Å². The molecule has 60 valence electrons. The molecular weight excluding hydrogens is 130 g/mol. The zero-order valence-electron chi connectivity index (χ0n) is 6.67. The summed E-state index contributed by atoms with van der Waals surface area (Å²) >= 11 is 0. The molecule has 0 bridgehead atoms. The van der Waals surface area contributed by atoms with Gasteiger partial charge in [-0.25, -0.2) is 0 Å². The summed E-state index contributed by atoms with van der Waals surface area (Å²) in [6.45, 7) is 4.83. The standard InChI is InChI=1S/C7H15NO2/c1-7(2)5-3-4-6-10-8-9/h7H,3-6H2,1-2H3. The van der Waals surface area contributed by atoms with Crippen LogP contribution in [0.4, 0.5) is 0 Å². The lowest BCUT2D eigenvalue weighted by molar-refractivity contribution is 0.134. The van der Waals surface area contributed by atoms with Gasteiger partial charge in [-0.05, 0) is 18.8 Å². The van der Waals surface area contributed by atoms with Crippen LogP contribution < -0.4 is 0 Å². The first-order valence-electron chi connectivity index (χ1n) is 3.72. The van der Waals surface area contributed by atoms with Gasteiger partial charge in [0.05, 0.1) is 0 Å². The average molecular weight is 145 g/mol. The molecule has 0 saturated carbocycles. The van der Waals surface area contributed by atoms with Gasteiger partial charge in [-0.1, -0.05) is 20.3 Å². The van der Waals surface area contributed by atoms with Gasteiger partial charge in [0, 0.05) is 0 Å². The molecule has 0 aliphatic rings. The van der Waals surface area contributed by atoms with Crippen LogP contribution in [0, 0.1) is 10.8 Å². The third-order valence-corrected chi connectivity index (χ3v) is 1.32. The number of rotatable bonds is 6. The molecule has 0 aromatic rings. The van der Waals surface area contributed by atoms with Crippen LogP contribution in [-0.2, 0) is 4.84 Å². The molecule has 10 heavy (non-hydrogen) atoms. The monoisotopic (exact) mass is 145 g/mol. The Hall–Kier alpha value is -0.600. The summed E-state index contributed by atoms with van der Waals surface area (Å²) in [6.07, 6.45) is 3.25. The summed E-state index contributed by atoms with van der Waals surface area (Å²) in [4.78, 5) is 13.7. The third kappa shape index (κ3) is 7.40. The molecule has 0 radical (unpaired) electrons. The molecule has 0 rings (SSSR count). The molecule has 0 amide bonds. The summed E-state index contributed by atoms with van der Waals surface area (Å²) in [5, 5.41) is 2.30. The minimum atomic E-state index is 0.468. The van der Waals surface area contributed by atoms with Crippen LogP contribution >= 0.6 is 0 Å². The number of hydrogen-bond acceptors (Lipinski definition) is 3. The maximum atomic E-state index is 9.43. The Morgan fingerprint density at radius 1 is 1.40 bits per heavy atom. The quantitative estimate of drug-likeness (QED) is 0.327. The van der Waals surface area contributed by atoms with Crippen molar-refractivity contribution in [2.24, 2.45) is 11.3 Å². The Morgan fingerprint density at radius 3 is 2.60 bits per heavy atom. The molecule has 0 saturated heterocycles. The number of hydrogen-bond donors (Lipinski definition) is 0. The molecule has 0 fully saturated rings. The SMILES string of the molecule is CC(C)CCCCON=O. The Morgan fingerprint density at radius 2 is 2.10 bits per heavy atom. The first kappa shape index (κ1) is 9.40. The average Bonchev–Trinajstić information content (AvgIpc) is 1.87. The van der Waals surface area contributed by atoms with Crippen molar-refractivity contribution < 1.29 is 4.84 Å². The molecule has 0 aliphatic carbocycles. The van der Waals surface area contributed by atoms with Crippen LogP contribution in [0.15, 0.2) is 5.34 Å². The highest BCUT2D eigenvalue weighted by Gasteiger charge is 1.93. The molecule has 0 spiro atoms. The van der Waals surface area contributed by atoms with Crippen molar-refractivity contribution in [2.75, 3.05) is 6.61 Å². The van der Waals surface area contributed by atoms with Gasteiger partial charge < -0.3 is 4.84 Å². The van der Waals surface area contributed by atoms with Crippen LogP contribution in [0.1, 0.15) is 33.1 Å². The van der Waals surface area contributed by atoms with Crippen LogP contribution in [0.3, 0.4) is 0 Å². The minimum Gasteiger partial charge on any atom is -0.364 e. The van der Waals surface area contributed by atoms with Crippen LogP contribution in [0.25, 0.3) is 0 Å². The van der Waals surface area contributed by atoms with Gasteiger partial charge >= 0.3 is 0 Å². The van der Waals surface area contributed by atoms with E-state index in [1.54, 1.807) is 0 Å². The summed E-state index contributed by atoms with van der Waals surface area (Å²) in [6, 6.07) is 0. The van der Waals surface area contributed by atoms with E-state index in [-0.39, 0.29) is 0 Å². The number of unbranched alkanes of at least 4 members (excludes halogenated alkanes) is 1. The van der Waals surface area contributed by atoms with E-state index < -0.39 is 0 Å². The number of nitrogens with zero attached hydrogens (tertiary/aromatic N) is 1. The fourth-order valence-corrected chi connectivity index (χ4v) is 0.756. The maximum absolute atomic E-state index is 9.43. The Labute approximate surface area is 61.7 Å². The van der Waals surface area contributed by atoms with E-state index in [0.717, 1.165) is 18.8 Å². The van der Waals surface area contributed by atoms with Gasteiger partial charge in [-0.15, -0.1) is 4.91 Å². The smallest absolute Gasteiger partial charge is 0.155 e. The van der Waals surface area contributed by atoms with E-state index in [2.05, 4.69) is 24.0 Å². The highest BCUT2D eigenvalue weighted by atomic mass is 16.7. The second-order valence-corrected chi connectivity index (χ2v) is 2.80. The van der Waals surface area contributed by atoms with Crippen LogP contribution in [-0.4, -0.2) is 6.61 Å². The van der Waals surface area contributed by atoms with E-state index >= 15 is 0 Å². The van der Waals surface area contributed by atoms with Gasteiger partial charge in [0.15, 0.2) is 5.34 Å². The predicted molar refractivity (Wildman–Crippen MR) is 40.4 cm³/mol. The highest BCUT2D eigenvalue weighted by molar-refractivity contribution is 4.45. The molecular formula is C7H15NO2. The van der Waals surface area contributed by atoms with Crippen molar-refractivity contribution in [2.45, 2.75) is 33.1 Å². The van der Waals surface area contributed by atoms with E-state index in [1.807, 2.05) is 0 Å². The van der Waals surface area contributed by atoms with Gasteiger partial charge in [0.2, 0.25) is 0 Å². The first-order chi connectivity index (χ1) is 4.77. The third-order valence-electron chi connectivity index (χ3n) is 1.32. The Bertz CT molecular complexity index is 83.7. The second-order valence-electron chi connectivity index (χ2n) is 2.80. The van der Waals surface area contributed by atoms with E-state index in [1.165, 1.54) is 6.42 Å². The van der Waals surface area contributed by atoms with Crippen molar-refractivity contribution in [3.05, 3.63) is 4.91 Å². The van der Waals surface area contributed by atoms with Crippen LogP contribution in [0.2, 0.25) is 0 Å². The lowest BCUT2D eigenvalue weighted by Gasteiger charge is -2.01. The van der Waals surface area contributed by atoms with Gasteiger partial charge in [-0.3, -0.25) is 0 Å². The normalized spacial score (nSPS) is 9.90. The molecule has 0 aromatic heterocycles. The van der Waals surface area contributed by atoms with E-state index in [9.17, 15) is 4.91 Å². The second kappa shape index (κ2) is 6.52. The Kier molecular flexibility index (Phi) is 6.13. The lowest BCUT2D eigenvalue weighted by atomic mass is 10.1. The Balaban J connectivity index is 2.83. The molecule has 0 unspecified atom stereocenters. The largest absolute Gasteiger partial charge is 0.364 e. The summed E-state index contributed by atoms with van der Waals surface area (Å²) in [5.74, 6) is 0.740. The molecule has 0 aliphatic heterocycles. The van der Waals surface area contributed by atoms with Crippen molar-refractivity contribution in [1.29, 1.82) is 0 Å². The van der Waals surface area contributed by atoms with Gasteiger partial charge in [0.25, 0.3) is 0 Å². The fourth-order valence-electron chi connectivity index (χ4n) is 0.756. The van der Waals surface area contributed by atoms with Crippen LogP contribution in [0.5, 0.6) is 0 Å². The van der Waals surface area contributed by atoms with Gasteiger partial charge in [-0.2, -0.15) is 0 Å². The van der Waals surface area contributed by atoms with Crippen molar-refractivity contribution >= 4 is 0 Å². The topological polar surface area (TPSA) is 38.7 Å². The molecule has 0 N–H and O–H groups in total. The minimum absolute atomic E-state index is 0.468. The fraction of sp³-hybridized carbons (Fsp3) is 1.00. The maximum Gasteiger partial charge on any atom is 0.155 e. The van der Waals surface area contributed by atoms with Crippen molar-refractivity contribution in [3.8, 4) is 0 Å². The summed E-state index contributed by atoms with van der Waals surface area (Å²) in [7, 11) is 0. The van der Waals surface area contributed by atoms with E-state index in [0.29, 0.717) is 6.61 Å². The molecule has 0 heterocycles.